The van der Waals surface area contributed by atoms with Gasteiger partial charge in [-0.25, -0.2) is 9.97 Å². The fourth-order valence-electron chi connectivity index (χ4n) is 3.76. The molecule has 2 aromatic heterocycles. The number of hydrogen-bond acceptors (Lipinski definition) is 4. The van der Waals surface area contributed by atoms with Gasteiger partial charge >= 0.3 is 0 Å². The van der Waals surface area contributed by atoms with Crippen LogP contribution < -0.4 is 10.2 Å². The maximum Gasteiger partial charge on any atom is 0.142 e. The van der Waals surface area contributed by atoms with Crippen molar-refractivity contribution in [3.05, 3.63) is 18.6 Å². The van der Waals surface area contributed by atoms with E-state index >= 15 is 0 Å². The molecule has 0 aromatic carbocycles. The highest BCUT2D eigenvalue weighted by atomic mass is 15.2. The summed E-state index contributed by atoms with van der Waals surface area (Å²) in [7, 11) is 2.17. The first-order valence-electron chi connectivity index (χ1n) is 7.04. The van der Waals surface area contributed by atoms with E-state index in [0.717, 1.165) is 28.7 Å². The van der Waals surface area contributed by atoms with Crippen molar-refractivity contribution in [2.75, 3.05) is 25.0 Å². The summed E-state index contributed by atoms with van der Waals surface area (Å²) in [6.07, 6.45) is 6.15. The summed E-state index contributed by atoms with van der Waals surface area (Å²) in [5.41, 5.74) is 0.928. The van der Waals surface area contributed by atoms with Crippen LogP contribution in [0.1, 0.15) is 12.8 Å². The Bertz CT molecular complexity index is 580. The molecule has 2 aromatic rings. The molecular weight excluding hydrogens is 238 g/mol. The minimum absolute atomic E-state index is 0.616. The minimum Gasteiger partial charge on any atom is -0.356 e. The maximum atomic E-state index is 4.50. The number of aromatic amines is 1. The summed E-state index contributed by atoms with van der Waals surface area (Å²) in [5.74, 6) is 2.77. The molecule has 1 aliphatic heterocycles. The van der Waals surface area contributed by atoms with Gasteiger partial charge in [-0.05, 0) is 43.8 Å². The van der Waals surface area contributed by atoms with E-state index in [9.17, 15) is 0 Å². The number of anilines is 1. The van der Waals surface area contributed by atoms with Gasteiger partial charge in [0.25, 0.3) is 0 Å². The molecule has 1 saturated heterocycles. The monoisotopic (exact) mass is 257 g/mol. The molecule has 1 aliphatic carbocycles. The Kier molecular flexibility index (Phi) is 2.48. The number of H-pyrrole nitrogens is 1. The number of nitrogens with zero attached hydrogens (tertiary/aromatic N) is 3. The Labute approximate surface area is 112 Å². The average molecular weight is 257 g/mol. The molecule has 2 aliphatic rings. The fourth-order valence-corrected chi connectivity index (χ4v) is 3.76. The van der Waals surface area contributed by atoms with Gasteiger partial charge in [-0.3, -0.25) is 0 Å². The van der Waals surface area contributed by atoms with Crippen LogP contribution in [0, 0.1) is 11.8 Å². The largest absolute Gasteiger partial charge is 0.356 e. The van der Waals surface area contributed by atoms with Crippen molar-refractivity contribution in [1.82, 2.24) is 20.3 Å². The summed E-state index contributed by atoms with van der Waals surface area (Å²) in [6.45, 7) is 2.39. The molecule has 2 N–H and O–H groups in total. The molecule has 100 valence electrons. The molecule has 0 amide bonds. The van der Waals surface area contributed by atoms with E-state index in [2.05, 4.69) is 38.3 Å². The molecule has 4 rings (SSSR count). The van der Waals surface area contributed by atoms with Crippen LogP contribution in [0.5, 0.6) is 0 Å². The fraction of sp³-hybridized carbons (Fsp3) is 0.571. The van der Waals surface area contributed by atoms with Crippen LogP contribution in [-0.4, -0.2) is 41.1 Å². The van der Waals surface area contributed by atoms with Gasteiger partial charge in [0.05, 0.1) is 5.39 Å². The Balaban J connectivity index is 1.63. The number of aromatic nitrogens is 3. The molecule has 0 spiro atoms. The van der Waals surface area contributed by atoms with Crippen LogP contribution in [0.2, 0.25) is 0 Å². The van der Waals surface area contributed by atoms with Crippen LogP contribution in [-0.2, 0) is 0 Å². The Hall–Kier alpha value is -1.62. The molecular formula is C14H19N5. The highest BCUT2D eigenvalue weighted by Crippen LogP contribution is 2.38. The SMILES string of the molecule is CN(c1ncnc2[nH]ccc12)[C@H]1C[C@H]2CNC[C@H]2C1. The normalized spacial score (nSPS) is 29.8. The van der Waals surface area contributed by atoms with Crippen LogP contribution >= 0.6 is 0 Å². The van der Waals surface area contributed by atoms with Crippen molar-refractivity contribution in [3.8, 4) is 0 Å². The average Bonchev–Trinajstić information content (AvgIpc) is 3.11. The zero-order valence-corrected chi connectivity index (χ0v) is 11.1. The summed E-state index contributed by atoms with van der Waals surface area (Å²) >= 11 is 0. The van der Waals surface area contributed by atoms with E-state index in [1.807, 2.05) is 6.20 Å². The van der Waals surface area contributed by atoms with E-state index in [1.54, 1.807) is 6.33 Å². The van der Waals surface area contributed by atoms with Gasteiger partial charge < -0.3 is 15.2 Å². The van der Waals surface area contributed by atoms with Gasteiger partial charge in [-0.1, -0.05) is 0 Å². The lowest BCUT2D eigenvalue weighted by Crippen LogP contribution is -2.31. The Morgan fingerprint density at radius 2 is 2.00 bits per heavy atom. The smallest absolute Gasteiger partial charge is 0.142 e. The van der Waals surface area contributed by atoms with Crippen molar-refractivity contribution >= 4 is 16.9 Å². The predicted molar refractivity (Wildman–Crippen MR) is 75.2 cm³/mol. The zero-order chi connectivity index (χ0) is 12.8. The molecule has 5 nitrogen and oxygen atoms in total. The highest BCUT2D eigenvalue weighted by Gasteiger charge is 2.39. The maximum absolute atomic E-state index is 4.50. The molecule has 0 radical (unpaired) electrons. The Morgan fingerprint density at radius 3 is 2.79 bits per heavy atom. The van der Waals surface area contributed by atoms with Crippen molar-refractivity contribution in [1.29, 1.82) is 0 Å². The lowest BCUT2D eigenvalue weighted by atomic mass is 10.0. The van der Waals surface area contributed by atoms with Crippen LogP contribution in [0.4, 0.5) is 5.82 Å². The van der Waals surface area contributed by atoms with E-state index in [0.29, 0.717) is 6.04 Å². The predicted octanol–water partition coefficient (Wildman–Crippen LogP) is 1.39. The van der Waals surface area contributed by atoms with E-state index < -0.39 is 0 Å². The van der Waals surface area contributed by atoms with Crippen LogP contribution in [0.15, 0.2) is 18.6 Å². The van der Waals surface area contributed by atoms with E-state index in [4.69, 9.17) is 0 Å². The zero-order valence-electron chi connectivity index (χ0n) is 11.1. The molecule has 3 heterocycles. The first-order valence-corrected chi connectivity index (χ1v) is 7.04. The topological polar surface area (TPSA) is 56.8 Å². The van der Waals surface area contributed by atoms with Crippen molar-refractivity contribution in [2.24, 2.45) is 11.8 Å². The van der Waals surface area contributed by atoms with Gasteiger partial charge in [0.15, 0.2) is 0 Å². The lowest BCUT2D eigenvalue weighted by molar-refractivity contribution is 0.494. The van der Waals surface area contributed by atoms with Gasteiger partial charge in [0.1, 0.15) is 17.8 Å². The highest BCUT2D eigenvalue weighted by molar-refractivity contribution is 5.87. The second-order valence-electron chi connectivity index (χ2n) is 5.85. The van der Waals surface area contributed by atoms with Gasteiger partial charge in [0.2, 0.25) is 0 Å². The van der Waals surface area contributed by atoms with Crippen molar-refractivity contribution in [2.45, 2.75) is 18.9 Å². The third kappa shape index (κ3) is 1.72. The first kappa shape index (κ1) is 11.2. The second kappa shape index (κ2) is 4.20. The lowest BCUT2D eigenvalue weighted by Gasteiger charge is -2.26. The third-order valence-corrected chi connectivity index (χ3v) is 4.84. The number of hydrogen-bond donors (Lipinski definition) is 2. The van der Waals surface area contributed by atoms with E-state index in [-0.39, 0.29) is 0 Å². The number of rotatable bonds is 2. The van der Waals surface area contributed by atoms with Gasteiger partial charge in [-0.15, -0.1) is 0 Å². The first-order chi connectivity index (χ1) is 9.33. The number of nitrogens with one attached hydrogen (secondary N) is 2. The Morgan fingerprint density at radius 1 is 1.21 bits per heavy atom. The van der Waals surface area contributed by atoms with Crippen molar-refractivity contribution in [3.63, 3.8) is 0 Å². The summed E-state index contributed by atoms with van der Waals surface area (Å²) in [5, 5.41) is 4.63. The molecule has 1 saturated carbocycles. The van der Waals surface area contributed by atoms with Gasteiger partial charge in [0, 0.05) is 19.3 Å². The standard InChI is InChI=1S/C14H19N5/c1-19(11-4-9-6-15-7-10(9)5-11)14-12-2-3-16-13(12)17-8-18-14/h2-3,8-11,15H,4-7H2,1H3,(H,16,17,18)/t9-,10+,11-. The molecule has 2 fully saturated rings. The van der Waals surface area contributed by atoms with Gasteiger partial charge in [-0.2, -0.15) is 0 Å². The third-order valence-electron chi connectivity index (χ3n) is 4.84. The summed E-state index contributed by atoms with van der Waals surface area (Å²) in [6, 6.07) is 2.68. The van der Waals surface area contributed by atoms with Crippen molar-refractivity contribution < 1.29 is 0 Å². The van der Waals surface area contributed by atoms with Crippen LogP contribution in [0.25, 0.3) is 11.0 Å². The molecule has 0 bridgehead atoms. The van der Waals surface area contributed by atoms with Crippen LogP contribution in [0.3, 0.4) is 0 Å². The summed E-state index contributed by atoms with van der Waals surface area (Å²) in [4.78, 5) is 14.3. The molecule has 5 heteroatoms. The molecule has 0 unspecified atom stereocenters. The second-order valence-corrected chi connectivity index (χ2v) is 5.85. The molecule has 3 atom stereocenters. The quantitative estimate of drug-likeness (QED) is 0.853. The minimum atomic E-state index is 0.616. The van der Waals surface area contributed by atoms with E-state index in [1.165, 1.54) is 25.9 Å². The molecule has 19 heavy (non-hydrogen) atoms. The number of fused-ring (bicyclic) bond motifs is 2. The summed E-state index contributed by atoms with van der Waals surface area (Å²) < 4.78 is 0.